The lowest BCUT2D eigenvalue weighted by molar-refractivity contribution is 0.477. The van der Waals surface area contributed by atoms with Crippen LogP contribution in [-0.4, -0.2) is 62.5 Å². The number of rotatable bonds is 3. The molecule has 174 valence electrons. The highest BCUT2D eigenvalue weighted by Gasteiger charge is 2.30. The summed E-state index contributed by atoms with van der Waals surface area (Å²) in [5.41, 5.74) is 5.53. The fourth-order valence-corrected chi connectivity index (χ4v) is 5.21. The summed E-state index contributed by atoms with van der Waals surface area (Å²) in [6, 6.07) is 9.76. The third-order valence-corrected chi connectivity index (χ3v) is 6.96. The van der Waals surface area contributed by atoms with Crippen LogP contribution < -0.4 is 15.1 Å². The molecule has 2 atom stereocenters. The van der Waals surface area contributed by atoms with Gasteiger partial charge in [0, 0.05) is 60.8 Å². The van der Waals surface area contributed by atoms with Gasteiger partial charge in [0.15, 0.2) is 5.65 Å². The highest BCUT2D eigenvalue weighted by atomic mass is 16.3. The summed E-state index contributed by atoms with van der Waals surface area (Å²) >= 11 is 0. The molecule has 0 amide bonds. The van der Waals surface area contributed by atoms with Gasteiger partial charge in [0.2, 0.25) is 5.95 Å². The molecule has 34 heavy (non-hydrogen) atoms. The molecular weight excluding hydrogens is 428 g/mol. The second-order valence-electron chi connectivity index (χ2n) is 9.19. The Labute approximate surface area is 197 Å². The number of aromatic amines is 1. The minimum Gasteiger partial charge on any atom is -0.507 e. The predicted octanol–water partition coefficient (Wildman–Crippen LogP) is 3.04. The zero-order chi connectivity index (χ0) is 23.2. The fourth-order valence-electron chi connectivity index (χ4n) is 5.21. The number of para-hydroxylation sites is 1. The molecule has 1 saturated heterocycles. The molecule has 9 heteroatoms. The van der Waals surface area contributed by atoms with Crippen LogP contribution in [0.1, 0.15) is 31.1 Å². The maximum absolute atomic E-state index is 10.3. The quantitative estimate of drug-likeness (QED) is 0.432. The average molecular weight is 457 g/mol. The van der Waals surface area contributed by atoms with Crippen LogP contribution >= 0.6 is 0 Å². The highest BCUT2D eigenvalue weighted by Crippen LogP contribution is 2.38. The molecule has 3 aromatic heterocycles. The van der Waals surface area contributed by atoms with Gasteiger partial charge in [-0.15, -0.1) is 10.2 Å². The van der Waals surface area contributed by atoms with E-state index in [2.05, 4.69) is 44.1 Å². The first-order valence-electron chi connectivity index (χ1n) is 11.8. The number of fused-ring (bicyclic) bond motifs is 3. The molecule has 4 aromatic rings. The van der Waals surface area contributed by atoms with Gasteiger partial charge < -0.3 is 25.2 Å². The van der Waals surface area contributed by atoms with Crippen molar-refractivity contribution in [2.45, 2.75) is 32.4 Å². The largest absolute Gasteiger partial charge is 0.507 e. The van der Waals surface area contributed by atoms with E-state index in [4.69, 9.17) is 9.97 Å². The van der Waals surface area contributed by atoms with E-state index in [0.29, 0.717) is 17.3 Å². The standard InChI is InChI=1S/C25H28N8O/c1-15-14-32(10-8-26-15)17-12-27-25(28-13-17)33-9-7-20-23(16(33)2)19-11-21(30-31-24(19)29-20)18-5-3-4-6-22(18)34/h3-6,11-13,15-16,26,34H,7-10,14H2,1-2H3,(H,29,31)/t15-,16-/m1/s1. The average Bonchev–Trinajstić information content (AvgIpc) is 3.23. The van der Waals surface area contributed by atoms with Crippen LogP contribution in [0.15, 0.2) is 42.7 Å². The summed E-state index contributed by atoms with van der Waals surface area (Å²) in [5.74, 6) is 0.935. The van der Waals surface area contributed by atoms with Gasteiger partial charge in [-0.1, -0.05) is 12.1 Å². The number of piperazine rings is 1. The van der Waals surface area contributed by atoms with Gasteiger partial charge >= 0.3 is 0 Å². The summed E-state index contributed by atoms with van der Waals surface area (Å²) in [4.78, 5) is 17.5. The molecule has 9 nitrogen and oxygen atoms in total. The third kappa shape index (κ3) is 3.52. The van der Waals surface area contributed by atoms with E-state index in [1.165, 1.54) is 11.3 Å². The van der Waals surface area contributed by atoms with Crippen LogP contribution in [0, 0.1) is 0 Å². The number of aromatic hydroxyl groups is 1. The Morgan fingerprint density at radius 3 is 2.68 bits per heavy atom. The van der Waals surface area contributed by atoms with Crippen molar-refractivity contribution in [3.63, 3.8) is 0 Å². The summed E-state index contributed by atoms with van der Waals surface area (Å²) in [7, 11) is 0. The Kier molecular flexibility index (Phi) is 5.06. The summed E-state index contributed by atoms with van der Waals surface area (Å²) < 4.78 is 0. The number of aromatic nitrogens is 5. The maximum Gasteiger partial charge on any atom is 0.225 e. The molecule has 2 aliphatic rings. The Balaban J connectivity index is 1.32. The van der Waals surface area contributed by atoms with Gasteiger partial charge in [-0.2, -0.15) is 0 Å². The molecule has 6 rings (SSSR count). The number of nitrogens with one attached hydrogen (secondary N) is 2. The smallest absolute Gasteiger partial charge is 0.225 e. The van der Waals surface area contributed by atoms with Gasteiger partial charge in [-0.25, -0.2) is 9.97 Å². The summed E-state index contributed by atoms with van der Waals surface area (Å²) in [6.45, 7) is 8.10. The Morgan fingerprint density at radius 2 is 1.88 bits per heavy atom. The highest BCUT2D eigenvalue weighted by molar-refractivity contribution is 5.86. The number of hydrogen-bond acceptors (Lipinski definition) is 8. The van der Waals surface area contributed by atoms with Crippen molar-refractivity contribution in [1.82, 2.24) is 30.5 Å². The number of phenolic OH excluding ortho intramolecular Hbond substituents is 1. The lowest BCUT2D eigenvalue weighted by atomic mass is 9.97. The van der Waals surface area contributed by atoms with E-state index in [-0.39, 0.29) is 11.8 Å². The van der Waals surface area contributed by atoms with E-state index in [0.717, 1.165) is 55.3 Å². The Morgan fingerprint density at radius 1 is 1.06 bits per heavy atom. The van der Waals surface area contributed by atoms with Crippen molar-refractivity contribution < 1.29 is 5.11 Å². The van der Waals surface area contributed by atoms with E-state index in [1.54, 1.807) is 12.1 Å². The minimum atomic E-state index is 0.0731. The molecule has 1 aromatic carbocycles. The monoisotopic (exact) mass is 456 g/mol. The predicted molar refractivity (Wildman–Crippen MR) is 132 cm³/mol. The molecule has 0 aliphatic carbocycles. The van der Waals surface area contributed by atoms with Crippen molar-refractivity contribution in [1.29, 1.82) is 0 Å². The van der Waals surface area contributed by atoms with Crippen LogP contribution in [0.5, 0.6) is 5.75 Å². The number of nitrogens with zero attached hydrogens (tertiary/aromatic N) is 6. The second kappa shape index (κ2) is 8.25. The van der Waals surface area contributed by atoms with Gasteiger partial charge in [0.25, 0.3) is 0 Å². The van der Waals surface area contributed by atoms with E-state index in [1.807, 2.05) is 30.6 Å². The van der Waals surface area contributed by atoms with Crippen LogP contribution in [0.4, 0.5) is 11.6 Å². The van der Waals surface area contributed by atoms with Crippen LogP contribution in [0.25, 0.3) is 22.3 Å². The number of phenols is 1. The summed E-state index contributed by atoms with van der Waals surface area (Å²) in [5, 5.41) is 23.6. The van der Waals surface area contributed by atoms with Crippen molar-refractivity contribution in [3.8, 4) is 17.0 Å². The zero-order valence-corrected chi connectivity index (χ0v) is 19.4. The molecule has 0 unspecified atom stereocenters. The summed E-state index contributed by atoms with van der Waals surface area (Å²) in [6.07, 6.45) is 4.74. The molecule has 2 aliphatic heterocycles. The van der Waals surface area contributed by atoms with Crippen molar-refractivity contribution in [2.24, 2.45) is 0 Å². The first-order valence-corrected chi connectivity index (χ1v) is 11.8. The fraction of sp³-hybridized carbons (Fsp3) is 0.360. The minimum absolute atomic E-state index is 0.0731. The molecule has 5 heterocycles. The first-order chi connectivity index (χ1) is 16.6. The molecular formula is C25H28N8O. The second-order valence-corrected chi connectivity index (χ2v) is 9.19. The van der Waals surface area contributed by atoms with E-state index >= 15 is 0 Å². The third-order valence-electron chi connectivity index (χ3n) is 6.96. The maximum atomic E-state index is 10.3. The van der Waals surface area contributed by atoms with E-state index in [9.17, 15) is 5.11 Å². The first kappa shape index (κ1) is 20.9. The number of anilines is 2. The van der Waals surface area contributed by atoms with Gasteiger partial charge in [-0.3, -0.25) is 0 Å². The molecule has 0 spiro atoms. The van der Waals surface area contributed by atoms with Crippen LogP contribution in [0.2, 0.25) is 0 Å². The normalized spacial score (nSPS) is 20.5. The number of benzene rings is 1. The Hall–Kier alpha value is -3.72. The SMILES string of the molecule is C[C@@H]1CN(c2cnc(N3CCc4[nH]c5nnc(-c6ccccc6O)cc5c4[C@H]3C)nc2)CCN1. The van der Waals surface area contributed by atoms with Crippen molar-refractivity contribution >= 4 is 22.7 Å². The molecule has 0 saturated carbocycles. The zero-order valence-electron chi connectivity index (χ0n) is 19.4. The van der Waals surface area contributed by atoms with Crippen molar-refractivity contribution in [3.05, 3.63) is 54.0 Å². The lowest BCUT2D eigenvalue weighted by Crippen LogP contribution is -2.49. The Bertz CT molecular complexity index is 1330. The molecule has 3 N–H and O–H groups in total. The number of H-pyrrole nitrogens is 1. The van der Waals surface area contributed by atoms with E-state index < -0.39 is 0 Å². The number of hydrogen-bond donors (Lipinski definition) is 3. The van der Waals surface area contributed by atoms with Gasteiger partial charge in [0.05, 0.1) is 29.8 Å². The van der Waals surface area contributed by atoms with Crippen molar-refractivity contribution in [2.75, 3.05) is 36.0 Å². The van der Waals surface area contributed by atoms with Crippen LogP contribution in [0.3, 0.4) is 0 Å². The molecule has 0 bridgehead atoms. The van der Waals surface area contributed by atoms with Gasteiger partial charge in [0.1, 0.15) is 5.75 Å². The molecule has 0 radical (unpaired) electrons. The van der Waals surface area contributed by atoms with Gasteiger partial charge in [-0.05, 0) is 32.0 Å². The molecule has 1 fully saturated rings. The van der Waals surface area contributed by atoms with Crippen LogP contribution in [-0.2, 0) is 6.42 Å². The lowest BCUT2D eigenvalue weighted by Gasteiger charge is -2.35. The topological polar surface area (TPSA) is 106 Å².